The third kappa shape index (κ3) is 1.92. The standard InChI is InChI=1S/C16H26N2O2/c1-18(13-7-17-8-14(13)19)16(20)15-11-3-9-2-10(5-11)6-12(15)4-9/h9-15,17,19H,2-8H2,1H3/t9?,10?,11?,12?,13-,14-,15?/m1/s1. The fourth-order valence-corrected chi connectivity index (χ4v) is 5.77. The van der Waals surface area contributed by atoms with Gasteiger partial charge in [0.05, 0.1) is 12.1 Å². The summed E-state index contributed by atoms with van der Waals surface area (Å²) in [6.45, 7) is 1.35. The molecule has 112 valence electrons. The first-order valence-corrected chi connectivity index (χ1v) is 8.29. The average molecular weight is 278 g/mol. The van der Waals surface area contributed by atoms with Gasteiger partial charge in [-0.2, -0.15) is 0 Å². The summed E-state index contributed by atoms with van der Waals surface area (Å²) in [7, 11) is 1.90. The lowest BCUT2D eigenvalue weighted by atomic mass is 9.51. The maximum absolute atomic E-state index is 13.0. The lowest BCUT2D eigenvalue weighted by Crippen LogP contribution is -2.54. The number of carbonyl (C=O) groups is 1. The van der Waals surface area contributed by atoms with Crippen molar-refractivity contribution < 1.29 is 9.90 Å². The number of aliphatic hydroxyl groups excluding tert-OH is 1. The Labute approximate surface area is 120 Å². The van der Waals surface area contributed by atoms with Crippen LogP contribution in [-0.4, -0.2) is 48.2 Å². The zero-order chi connectivity index (χ0) is 13.9. The van der Waals surface area contributed by atoms with Gasteiger partial charge in [-0.1, -0.05) is 0 Å². The average Bonchev–Trinajstić information content (AvgIpc) is 2.82. The third-order valence-corrected chi connectivity index (χ3v) is 6.51. The summed E-state index contributed by atoms with van der Waals surface area (Å²) in [6.07, 6.45) is 6.15. The van der Waals surface area contributed by atoms with Crippen LogP contribution in [-0.2, 0) is 4.79 Å². The number of nitrogens with one attached hydrogen (secondary N) is 1. The molecule has 1 heterocycles. The highest BCUT2D eigenvalue weighted by molar-refractivity contribution is 5.80. The van der Waals surface area contributed by atoms with Crippen LogP contribution in [0.5, 0.6) is 0 Å². The first-order chi connectivity index (χ1) is 9.63. The SMILES string of the molecule is CN(C(=O)C1C2CC3CC(C2)CC1C3)[C@@H]1CNC[C@H]1O. The highest BCUT2D eigenvalue weighted by Gasteiger charge is 2.52. The molecule has 5 aliphatic rings. The van der Waals surface area contributed by atoms with Crippen LogP contribution in [0.3, 0.4) is 0 Å². The van der Waals surface area contributed by atoms with Gasteiger partial charge in [-0.15, -0.1) is 0 Å². The molecule has 0 aromatic heterocycles. The van der Waals surface area contributed by atoms with Gasteiger partial charge in [0.2, 0.25) is 5.91 Å². The van der Waals surface area contributed by atoms with Crippen LogP contribution >= 0.6 is 0 Å². The normalized spacial score (nSPS) is 49.6. The van der Waals surface area contributed by atoms with Gasteiger partial charge in [0.1, 0.15) is 0 Å². The molecule has 4 heteroatoms. The Morgan fingerprint density at radius 2 is 1.65 bits per heavy atom. The van der Waals surface area contributed by atoms with Crippen molar-refractivity contribution in [2.45, 2.75) is 44.2 Å². The molecule has 2 atom stereocenters. The van der Waals surface area contributed by atoms with Crippen molar-refractivity contribution in [1.29, 1.82) is 0 Å². The number of aliphatic hydroxyl groups is 1. The maximum atomic E-state index is 13.0. The van der Waals surface area contributed by atoms with Gasteiger partial charge in [0.15, 0.2) is 0 Å². The molecule has 5 rings (SSSR count). The Kier molecular flexibility index (Phi) is 3.08. The molecular formula is C16H26N2O2. The number of hydrogen-bond acceptors (Lipinski definition) is 3. The van der Waals surface area contributed by atoms with Gasteiger partial charge in [-0.25, -0.2) is 0 Å². The van der Waals surface area contributed by atoms with Gasteiger partial charge in [-0.3, -0.25) is 4.79 Å². The van der Waals surface area contributed by atoms with E-state index in [2.05, 4.69) is 5.32 Å². The van der Waals surface area contributed by atoms with E-state index in [1.807, 2.05) is 11.9 Å². The summed E-state index contributed by atoms with van der Waals surface area (Å²) >= 11 is 0. The summed E-state index contributed by atoms with van der Waals surface area (Å²) in [6, 6.07) is -0.0281. The first kappa shape index (κ1) is 13.1. The minimum Gasteiger partial charge on any atom is -0.390 e. The van der Waals surface area contributed by atoms with E-state index in [0.29, 0.717) is 24.3 Å². The van der Waals surface area contributed by atoms with Crippen molar-refractivity contribution in [3.05, 3.63) is 0 Å². The van der Waals surface area contributed by atoms with Crippen LogP contribution in [0, 0.1) is 29.6 Å². The van der Waals surface area contributed by atoms with Gasteiger partial charge >= 0.3 is 0 Å². The highest BCUT2D eigenvalue weighted by atomic mass is 16.3. The number of β-amino-alcohol motifs (C(OH)–C–C–N with tert-alkyl or cyclic N) is 1. The van der Waals surface area contributed by atoms with E-state index in [-0.39, 0.29) is 12.0 Å². The molecule has 1 aliphatic heterocycles. The molecule has 0 unspecified atom stereocenters. The van der Waals surface area contributed by atoms with Crippen molar-refractivity contribution >= 4 is 5.91 Å². The van der Waals surface area contributed by atoms with Crippen molar-refractivity contribution in [3.8, 4) is 0 Å². The van der Waals surface area contributed by atoms with Crippen molar-refractivity contribution in [2.75, 3.05) is 20.1 Å². The number of likely N-dealkylation sites (N-methyl/N-ethyl adjacent to an activating group) is 1. The van der Waals surface area contributed by atoms with Crippen LogP contribution in [0.1, 0.15) is 32.1 Å². The second-order valence-corrected chi connectivity index (χ2v) is 7.70. The van der Waals surface area contributed by atoms with Crippen LogP contribution in [0.25, 0.3) is 0 Å². The molecule has 0 aromatic carbocycles. The summed E-state index contributed by atoms with van der Waals surface area (Å²) in [5.74, 6) is 3.64. The minimum absolute atomic E-state index is 0.0281. The quantitative estimate of drug-likeness (QED) is 0.787. The lowest BCUT2D eigenvalue weighted by molar-refractivity contribution is -0.151. The number of hydrogen-bond donors (Lipinski definition) is 2. The van der Waals surface area contributed by atoms with E-state index in [1.54, 1.807) is 0 Å². The smallest absolute Gasteiger partial charge is 0.226 e. The van der Waals surface area contributed by atoms with E-state index in [0.717, 1.165) is 18.4 Å². The summed E-state index contributed by atoms with van der Waals surface area (Å²) in [5, 5.41) is 13.2. The number of rotatable bonds is 2. The Morgan fingerprint density at radius 1 is 1.05 bits per heavy atom. The molecule has 1 amide bonds. The highest BCUT2D eigenvalue weighted by Crippen LogP contribution is 2.56. The Bertz CT molecular complexity index is 383. The van der Waals surface area contributed by atoms with E-state index in [4.69, 9.17) is 0 Å². The number of carbonyl (C=O) groups excluding carboxylic acids is 1. The van der Waals surface area contributed by atoms with Gasteiger partial charge < -0.3 is 15.3 Å². The Morgan fingerprint density at radius 3 is 2.15 bits per heavy atom. The predicted molar refractivity (Wildman–Crippen MR) is 76.0 cm³/mol. The summed E-state index contributed by atoms with van der Waals surface area (Å²) in [4.78, 5) is 14.8. The summed E-state index contributed by atoms with van der Waals surface area (Å²) < 4.78 is 0. The molecule has 0 aromatic rings. The third-order valence-electron chi connectivity index (χ3n) is 6.51. The maximum Gasteiger partial charge on any atom is 0.226 e. The van der Waals surface area contributed by atoms with Crippen molar-refractivity contribution in [1.82, 2.24) is 10.2 Å². The largest absolute Gasteiger partial charge is 0.390 e. The second kappa shape index (κ2) is 4.70. The Hall–Kier alpha value is -0.610. The van der Waals surface area contributed by atoms with Crippen molar-refractivity contribution in [2.24, 2.45) is 29.6 Å². The van der Waals surface area contributed by atoms with E-state index in [9.17, 15) is 9.90 Å². The molecule has 4 aliphatic carbocycles. The predicted octanol–water partition coefficient (Wildman–Crippen LogP) is 0.850. The lowest BCUT2D eigenvalue weighted by Gasteiger charge is -2.54. The number of nitrogens with zero attached hydrogens (tertiary/aromatic N) is 1. The van der Waals surface area contributed by atoms with Crippen molar-refractivity contribution in [3.63, 3.8) is 0 Å². The molecular weight excluding hydrogens is 252 g/mol. The fourth-order valence-electron chi connectivity index (χ4n) is 5.77. The molecule has 2 N–H and O–H groups in total. The van der Waals surface area contributed by atoms with E-state index >= 15 is 0 Å². The van der Waals surface area contributed by atoms with E-state index < -0.39 is 6.10 Å². The molecule has 0 radical (unpaired) electrons. The minimum atomic E-state index is -0.402. The van der Waals surface area contributed by atoms with Gasteiger partial charge in [0, 0.05) is 26.1 Å². The van der Waals surface area contributed by atoms with Crippen LogP contribution in [0.2, 0.25) is 0 Å². The van der Waals surface area contributed by atoms with Crippen LogP contribution in [0.4, 0.5) is 0 Å². The molecule has 4 bridgehead atoms. The molecule has 0 spiro atoms. The zero-order valence-corrected chi connectivity index (χ0v) is 12.3. The first-order valence-electron chi connectivity index (χ1n) is 8.29. The topological polar surface area (TPSA) is 52.6 Å². The molecule has 4 saturated carbocycles. The van der Waals surface area contributed by atoms with Gasteiger partial charge in [-0.05, 0) is 55.8 Å². The van der Waals surface area contributed by atoms with Gasteiger partial charge in [0.25, 0.3) is 0 Å². The molecule has 5 fully saturated rings. The van der Waals surface area contributed by atoms with Crippen LogP contribution in [0.15, 0.2) is 0 Å². The fraction of sp³-hybridized carbons (Fsp3) is 0.938. The second-order valence-electron chi connectivity index (χ2n) is 7.70. The molecule has 4 nitrogen and oxygen atoms in total. The molecule has 1 saturated heterocycles. The van der Waals surface area contributed by atoms with Crippen LogP contribution < -0.4 is 5.32 Å². The Balaban J connectivity index is 1.51. The molecule has 20 heavy (non-hydrogen) atoms. The number of amides is 1. The zero-order valence-electron chi connectivity index (χ0n) is 12.3. The monoisotopic (exact) mass is 278 g/mol. The summed E-state index contributed by atoms with van der Waals surface area (Å²) in [5.41, 5.74) is 0. The van der Waals surface area contributed by atoms with E-state index in [1.165, 1.54) is 32.1 Å².